The molecule has 0 spiro atoms. The summed E-state index contributed by atoms with van der Waals surface area (Å²) in [7, 11) is 0. The van der Waals surface area contributed by atoms with E-state index in [0.29, 0.717) is 5.92 Å². The summed E-state index contributed by atoms with van der Waals surface area (Å²) in [5, 5.41) is 0. The first kappa shape index (κ1) is 9.28. The molecule has 0 aliphatic heterocycles. The van der Waals surface area contributed by atoms with Crippen molar-refractivity contribution in [3.8, 4) is 0 Å². The van der Waals surface area contributed by atoms with Crippen LogP contribution in [0.1, 0.15) is 20.8 Å². The van der Waals surface area contributed by atoms with Gasteiger partial charge in [0.05, 0.1) is 0 Å². The van der Waals surface area contributed by atoms with Crippen LogP contribution < -0.4 is 0 Å². The number of allylic oxidation sites excluding steroid dienone is 1. The van der Waals surface area contributed by atoms with Crippen molar-refractivity contribution in [2.75, 3.05) is 6.54 Å². The third-order valence-electron chi connectivity index (χ3n) is 1.60. The summed E-state index contributed by atoms with van der Waals surface area (Å²) in [6.07, 6.45) is 1.82. The summed E-state index contributed by atoms with van der Waals surface area (Å²) < 4.78 is 0. The molecule has 0 aromatic heterocycles. The van der Waals surface area contributed by atoms with Gasteiger partial charge in [0.1, 0.15) is 0 Å². The van der Waals surface area contributed by atoms with Crippen LogP contribution in [-0.4, -0.2) is 11.4 Å². The van der Waals surface area contributed by atoms with Crippen LogP contribution in [0.25, 0.3) is 0 Å². The van der Waals surface area contributed by atoms with Crippen molar-refractivity contribution >= 4 is 0 Å². The first-order valence-electron chi connectivity index (χ1n) is 3.71. The van der Waals surface area contributed by atoms with Crippen molar-refractivity contribution in [1.82, 2.24) is 4.90 Å². The van der Waals surface area contributed by atoms with Gasteiger partial charge in [0.25, 0.3) is 0 Å². The second kappa shape index (κ2) is 4.15. The standard InChI is InChI=1S/C9H17N/c1-6-10(7-2)9(5)8(3)4/h6,8H,1,5,7H2,2-4H3. The molecule has 0 amide bonds. The van der Waals surface area contributed by atoms with Crippen molar-refractivity contribution in [2.45, 2.75) is 20.8 Å². The number of hydrogen-bond acceptors (Lipinski definition) is 1. The Morgan fingerprint density at radius 3 is 2.20 bits per heavy atom. The smallest absolute Gasteiger partial charge is 0.0193 e. The van der Waals surface area contributed by atoms with Gasteiger partial charge in [0.15, 0.2) is 0 Å². The molecule has 0 heterocycles. The van der Waals surface area contributed by atoms with E-state index in [0.717, 1.165) is 12.2 Å². The fraction of sp³-hybridized carbons (Fsp3) is 0.556. The number of nitrogens with zero attached hydrogens (tertiary/aromatic N) is 1. The third kappa shape index (κ3) is 2.26. The molecule has 0 saturated carbocycles. The highest BCUT2D eigenvalue weighted by Crippen LogP contribution is 2.11. The first-order chi connectivity index (χ1) is 4.63. The Kier molecular flexibility index (Phi) is 3.85. The SMILES string of the molecule is C=CN(CC)C(=C)C(C)C. The van der Waals surface area contributed by atoms with E-state index in [1.165, 1.54) is 0 Å². The molecular weight excluding hydrogens is 122 g/mol. The average molecular weight is 139 g/mol. The Bertz CT molecular complexity index is 125. The quantitative estimate of drug-likeness (QED) is 0.578. The van der Waals surface area contributed by atoms with Gasteiger partial charge >= 0.3 is 0 Å². The molecule has 0 fully saturated rings. The Morgan fingerprint density at radius 2 is 2.10 bits per heavy atom. The predicted molar refractivity (Wildman–Crippen MR) is 46.6 cm³/mol. The summed E-state index contributed by atoms with van der Waals surface area (Å²) >= 11 is 0. The van der Waals surface area contributed by atoms with E-state index < -0.39 is 0 Å². The Labute approximate surface area is 64.0 Å². The van der Waals surface area contributed by atoms with Crippen LogP contribution in [0.2, 0.25) is 0 Å². The summed E-state index contributed by atoms with van der Waals surface area (Å²) in [4.78, 5) is 2.06. The van der Waals surface area contributed by atoms with Gasteiger partial charge in [-0.2, -0.15) is 0 Å². The van der Waals surface area contributed by atoms with E-state index in [1.54, 1.807) is 0 Å². The van der Waals surface area contributed by atoms with Crippen LogP contribution in [0.3, 0.4) is 0 Å². The molecule has 0 unspecified atom stereocenters. The minimum atomic E-state index is 0.512. The Hall–Kier alpha value is -0.720. The van der Waals surface area contributed by atoms with Crippen LogP contribution in [0.4, 0.5) is 0 Å². The lowest BCUT2D eigenvalue weighted by Crippen LogP contribution is -2.18. The van der Waals surface area contributed by atoms with E-state index in [4.69, 9.17) is 0 Å². The van der Waals surface area contributed by atoms with E-state index in [9.17, 15) is 0 Å². The van der Waals surface area contributed by atoms with Crippen LogP contribution in [0.15, 0.2) is 25.1 Å². The second-order valence-corrected chi connectivity index (χ2v) is 2.61. The molecule has 0 aromatic rings. The van der Waals surface area contributed by atoms with Crippen molar-refractivity contribution in [1.29, 1.82) is 0 Å². The van der Waals surface area contributed by atoms with Crippen LogP contribution >= 0.6 is 0 Å². The summed E-state index contributed by atoms with van der Waals surface area (Å²) in [6, 6.07) is 0. The summed E-state index contributed by atoms with van der Waals surface area (Å²) in [5.74, 6) is 0.512. The van der Waals surface area contributed by atoms with Crippen LogP contribution in [0, 0.1) is 5.92 Å². The highest BCUT2D eigenvalue weighted by molar-refractivity contribution is 5.00. The van der Waals surface area contributed by atoms with Crippen LogP contribution in [0.5, 0.6) is 0 Å². The second-order valence-electron chi connectivity index (χ2n) is 2.61. The minimum absolute atomic E-state index is 0.512. The maximum Gasteiger partial charge on any atom is 0.0193 e. The highest BCUT2D eigenvalue weighted by Gasteiger charge is 2.03. The van der Waals surface area contributed by atoms with Gasteiger partial charge in [-0.1, -0.05) is 27.0 Å². The van der Waals surface area contributed by atoms with E-state index in [1.807, 2.05) is 6.20 Å². The van der Waals surface area contributed by atoms with Crippen molar-refractivity contribution in [3.63, 3.8) is 0 Å². The highest BCUT2D eigenvalue weighted by atomic mass is 15.1. The third-order valence-corrected chi connectivity index (χ3v) is 1.60. The molecule has 1 nitrogen and oxygen atoms in total. The van der Waals surface area contributed by atoms with Gasteiger partial charge in [0, 0.05) is 12.2 Å². The van der Waals surface area contributed by atoms with Crippen LogP contribution in [-0.2, 0) is 0 Å². The fourth-order valence-corrected chi connectivity index (χ4v) is 0.781. The molecule has 0 atom stereocenters. The maximum atomic E-state index is 3.95. The van der Waals surface area contributed by atoms with Gasteiger partial charge in [-0.3, -0.25) is 0 Å². The first-order valence-corrected chi connectivity index (χ1v) is 3.71. The molecule has 0 aliphatic rings. The molecular formula is C9H17N. The van der Waals surface area contributed by atoms with Gasteiger partial charge < -0.3 is 4.90 Å². The minimum Gasteiger partial charge on any atom is -0.353 e. The monoisotopic (exact) mass is 139 g/mol. The molecule has 1 heteroatoms. The number of hydrogen-bond donors (Lipinski definition) is 0. The summed E-state index contributed by atoms with van der Waals surface area (Å²) in [5.41, 5.74) is 1.14. The molecule has 0 saturated heterocycles. The van der Waals surface area contributed by atoms with Crippen molar-refractivity contribution in [2.24, 2.45) is 5.92 Å². The zero-order valence-electron chi connectivity index (χ0n) is 7.22. The normalized spacial score (nSPS) is 9.60. The maximum absolute atomic E-state index is 3.95. The largest absolute Gasteiger partial charge is 0.353 e. The predicted octanol–water partition coefficient (Wildman–Crippen LogP) is 2.62. The zero-order chi connectivity index (χ0) is 8.15. The molecule has 0 N–H and O–H groups in total. The lowest BCUT2D eigenvalue weighted by molar-refractivity contribution is 0.437. The molecule has 10 heavy (non-hydrogen) atoms. The van der Waals surface area contributed by atoms with Gasteiger partial charge in [-0.25, -0.2) is 0 Å². The molecule has 58 valence electrons. The van der Waals surface area contributed by atoms with Gasteiger partial charge in [0.2, 0.25) is 0 Å². The molecule has 0 rings (SSSR count). The lowest BCUT2D eigenvalue weighted by Gasteiger charge is -2.22. The molecule has 0 bridgehead atoms. The van der Waals surface area contributed by atoms with E-state index >= 15 is 0 Å². The van der Waals surface area contributed by atoms with Gasteiger partial charge in [-0.05, 0) is 19.0 Å². The molecule has 0 aromatic carbocycles. The molecule has 0 radical (unpaired) electrons. The number of rotatable bonds is 4. The van der Waals surface area contributed by atoms with Crippen molar-refractivity contribution < 1.29 is 0 Å². The Morgan fingerprint density at radius 1 is 1.60 bits per heavy atom. The fourth-order valence-electron chi connectivity index (χ4n) is 0.781. The topological polar surface area (TPSA) is 3.24 Å². The van der Waals surface area contributed by atoms with Crippen molar-refractivity contribution in [3.05, 3.63) is 25.1 Å². The molecule has 0 aliphatic carbocycles. The van der Waals surface area contributed by atoms with E-state index in [-0.39, 0.29) is 0 Å². The van der Waals surface area contributed by atoms with Gasteiger partial charge in [-0.15, -0.1) is 0 Å². The lowest BCUT2D eigenvalue weighted by atomic mass is 10.1. The summed E-state index contributed by atoms with van der Waals surface area (Å²) in [6.45, 7) is 15.0. The zero-order valence-corrected chi connectivity index (χ0v) is 7.22. The average Bonchev–Trinajstić information content (AvgIpc) is 1.90. The van der Waals surface area contributed by atoms with E-state index in [2.05, 4.69) is 38.8 Å². The Balaban J connectivity index is 4.02.